The minimum absolute atomic E-state index is 0.257. The molecule has 0 amide bonds. The van der Waals surface area contributed by atoms with Crippen LogP contribution in [0.1, 0.15) is 18.4 Å². The highest BCUT2D eigenvalue weighted by Crippen LogP contribution is 2.24. The average Bonchev–Trinajstić information content (AvgIpc) is 2.74. The lowest BCUT2D eigenvalue weighted by Gasteiger charge is -2.28. The van der Waals surface area contributed by atoms with Gasteiger partial charge in [-0.2, -0.15) is 0 Å². The lowest BCUT2D eigenvalue weighted by atomic mass is 10.1. The lowest BCUT2D eigenvalue weighted by molar-refractivity contribution is 0.275. The molecule has 0 aliphatic carbocycles. The molecule has 1 atom stereocenters. The van der Waals surface area contributed by atoms with Crippen LogP contribution in [0.25, 0.3) is 0 Å². The van der Waals surface area contributed by atoms with Gasteiger partial charge in [0.25, 0.3) is 0 Å². The van der Waals surface area contributed by atoms with Crippen LogP contribution >= 0.6 is 0 Å². The Bertz CT molecular complexity index is 411. The molecule has 0 spiro atoms. The maximum atomic E-state index is 13.6. The Morgan fingerprint density at radius 3 is 2.89 bits per heavy atom. The maximum Gasteiger partial charge on any atom is 0.130 e. The number of aliphatic hydroxyl groups excluding tert-OH is 1. The molecule has 1 saturated heterocycles. The highest BCUT2D eigenvalue weighted by atomic mass is 19.1. The fraction of sp³-hybridized carbons (Fsp3) is 0.571. The molecule has 0 saturated carbocycles. The van der Waals surface area contributed by atoms with E-state index in [9.17, 15) is 9.50 Å². The Morgan fingerprint density at radius 2 is 2.28 bits per heavy atom. The van der Waals surface area contributed by atoms with Gasteiger partial charge in [0.1, 0.15) is 5.82 Å². The zero-order chi connectivity index (χ0) is 13.1. The van der Waals surface area contributed by atoms with Gasteiger partial charge in [-0.15, -0.1) is 0 Å². The van der Waals surface area contributed by atoms with Crippen LogP contribution in [-0.2, 0) is 6.61 Å². The molecule has 3 nitrogen and oxygen atoms in total. The molecule has 0 aromatic heterocycles. The standard InChI is InChI=1S/C14H21FN2O/c1-16-8-4-5-11(16)9-17(2)14-7-3-6-13(15)12(14)10-18/h3,6-7,11,18H,4-5,8-10H2,1-2H3. The van der Waals surface area contributed by atoms with E-state index in [0.717, 1.165) is 18.8 Å². The van der Waals surface area contributed by atoms with Crippen LogP contribution in [0.4, 0.5) is 10.1 Å². The Balaban J connectivity index is 2.13. The fourth-order valence-corrected chi connectivity index (χ4v) is 2.69. The zero-order valence-electron chi connectivity index (χ0n) is 11.1. The topological polar surface area (TPSA) is 26.7 Å². The molecule has 1 N–H and O–H groups in total. The van der Waals surface area contributed by atoms with E-state index in [1.807, 2.05) is 18.0 Å². The minimum Gasteiger partial charge on any atom is -0.391 e. The largest absolute Gasteiger partial charge is 0.391 e. The maximum absolute atomic E-state index is 13.6. The zero-order valence-corrected chi connectivity index (χ0v) is 11.1. The van der Waals surface area contributed by atoms with Crippen LogP contribution in [0.2, 0.25) is 0 Å². The van der Waals surface area contributed by atoms with Crippen LogP contribution < -0.4 is 4.90 Å². The second-order valence-electron chi connectivity index (χ2n) is 5.05. The van der Waals surface area contributed by atoms with Crippen molar-refractivity contribution in [3.8, 4) is 0 Å². The molecule has 1 aromatic rings. The number of likely N-dealkylation sites (tertiary alicyclic amines) is 1. The predicted octanol–water partition coefficient (Wildman–Crippen LogP) is 1.85. The number of hydrogen-bond donors (Lipinski definition) is 1. The molecule has 2 rings (SSSR count). The van der Waals surface area contributed by atoms with Crippen molar-refractivity contribution in [3.63, 3.8) is 0 Å². The summed E-state index contributed by atoms with van der Waals surface area (Å²) < 4.78 is 13.6. The number of likely N-dealkylation sites (N-methyl/N-ethyl adjacent to an activating group) is 2. The highest BCUT2D eigenvalue weighted by molar-refractivity contribution is 5.53. The number of aliphatic hydroxyl groups is 1. The first-order chi connectivity index (χ1) is 8.63. The van der Waals surface area contributed by atoms with Crippen LogP contribution in [0, 0.1) is 5.82 Å². The lowest BCUT2D eigenvalue weighted by Crippen LogP contribution is -2.37. The summed E-state index contributed by atoms with van der Waals surface area (Å²) in [6.45, 7) is 1.74. The van der Waals surface area contributed by atoms with Crippen molar-refractivity contribution in [2.75, 3.05) is 32.1 Å². The van der Waals surface area contributed by atoms with Crippen LogP contribution in [0.5, 0.6) is 0 Å². The smallest absolute Gasteiger partial charge is 0.130 e. The number of halogens is 1. The van der Waals surface area contributed by atoms with Crippen molar-refractivity contribution in [1.29, 1.82) is 0 Å². The van der Waals surface area contributed by atoms with Gasteiger partial charge in [-0.3, -0.25) is 0 Å². The number of hydrogen-bond acceptors (Lipinski definition) is 3. The second kappa shape index (κ2) is 5.67. The SMILES string of the molecule is CN(CC1CCCN1C)c1cccc(F)c1CO. The summed E-state index contributed by atoms with van der Waals surface area (Å²) >= 11 is 0. The van der Waals surface area contributed by atoms with Crippen molar-refractivity contribution in [2.45, 2.75) is 25.5 Å². The molecule has 1 heterocycles. The Morgan fingerprint density at radius 1 is 1.50 bits per heavy atom. The van der Waals surface area contributed by atoms with E-state index >= 15 is 0 Å². The van der Waals surface area contributed by atoms with Gasteiger partial charge < -0.3 is 14.9 Å². The molecule has 1 unspecified atom stereocenters. The van der Waals surface area contributed by atoms with E-state index in [1.165, 1.54) is 18.9 Å². The summed E-state index contributed by atoms with van der Waals surface area (Å²) in [4.78, 5) is 4.38. The van der Waals surface area contributed by atoms with E-state index in [0.29, 0.717) is 11.6 Å². The van der Waals surface area contributed by atoms with Gasteiger partial charge in [-0.1, -0.05) is 6.07 Å². The molecular weight excluding hydrogens is 231 g/mol. The third-order valence-electron chi connectivity index (χ3n) is 3.82. The number of anilines is 1. The quantitative estimate of drug-likeness (QED) is 0.886. The van der Waals surface area contributed by atoms with Crippen molar-refractivity contribution >= 4 is 5.69 Å². The Hall–Kier alpha value is -1.13. The van der Waals surface area contributed by atoms with Gasteiger partial charge in [0.15, 0.2) is 0 Å². The highest BCUT2D eigenvalue weighted by Gasteiger charge is 2.23. The van der Waals surface area contributed by atoms with Gasteiger partial charge in [0.05, 0.1) is 6.61 Å². The summed E-state index contributed by atoms with van der Waals surface area (Å²) in [6.07, 6.45) is 2.41. The third-order valence-corrected chi connectivity index (χ3v) is 3.82. The van der Waals surface area contributed by atoms with E-state index in [2.05, 4.69) is 11.9 Å². The molecule has 1 aliphatic heterocycles. The van der Waals surface area contributed by atoms with Gasteiger partial charge in [-0.05, 0) is 38.6 Å². The summed E-state index contributed by atoms with van der Waals surface area (Å²) in [5.74, 6) is -0.332. The Labute approximate surface area is 108 Å². The minimum atomic E-state index is -0.332. The normalized spacial score (nSPS) is 20.3. The van der Waals surface area contributed by atoms with E-state index in [4.69, 9.17) is 0 Å². The Kier molecular flexibility index (Phi) is 4.19. The molecule has 4 heteroatoms. The van der Waals surface area contributed by atoms with E-state index < -0.39 is 0 Å². The van der Waals surface area contributed by atoms with Gasteiger partial charge in [-0.25, -0.2) is 4.39 Å². The van der Waals surface area contributed by atoms with Gasteiger partial charge >= 0.3 is 0 Å². The van der Waals surface area contributed by atoms with E-state index in [1.54, 1.807) is 6.07 Å². The number of benzene rings is 1. The molecule has 100 valence electrons. The first-order valence-corrected chi connectivity index (χ1v) is 6.43. The van der Waals surface area contributed by atoms with Crippen LogP contribution in [0.15, 0.2) is 18.2 Å². The molecule has 0 radical (unpaired) electrons. The van der Waals surface area contributed by atoms with Gasteiger partial charge in [0.2, 0.25) is 0 Å². The summed E-state index contributed by atoms with van der Waals surface area (Å²) in [5.41, 5.74) is 1.18. The van der Waals surface area contributed by atoms with Crippen LogP contribution in [-0.4, -0.2) is 43.2 Å². The molecule has 1 fully saturated rings. The van der Waals surface area contributed by atoms with E-state index in [-0.39, 0.29) is 12.4 Å². The van der Waals surface area contributed by atoms with Gasteiger partial charge in [0, 0.05) is 30.9 Å². The summed E-state index contributed by atoms with van der Waals surface area (Å²) in [5, 5.41) is 9.28. The predicted molar refractivity (Wildman–Crippen MR) is 71.2 cm³/mol. The fourth-order valence-electron chi connectivity index (χ4n) is 2.69. The summed E-state index contributed by atoms with van der Waals surface area (Å²) in [6, 6.07) is 5.47. The van der Waals surface area contributed by atoms with Crippen molar-refractivity contribution in [2.24, 2.45) is 0 Å². The van der Waals surface area contributed by atoms with Crippen LogP contribution in [0.3, 0.4) is 0 Å². The van der Waals surface area contributed by atoms with Crippen molar-refractivity contribution in [1.82, 2.24) is 4.90 Å². The molecule has 1 aliphatic rings. The molecular formula is C14H21FN2O. The first-order valence-electron chi connectivity index (χ1n) is 6.43. The van der Waals surface area contributed by atoms with Crippen molar-refractivity contribution in [3.05, 3.63) is 29.6 Å². The summed E-state index contributed by atoms with van der Waals surface area (Å²) in [7, 11) is 4.09. The average molecular weight is 252 g/mol. The first kappa shape index (κ1) is 13.3. The molecule has 1 aromatic carbocycles. The second-order valence-corrected chi connectivity index (χ2v) is 5.05. The third kappa shape index (κ3) is 2.65. The number of rotatable bonds is 4. The van der Waals surface area contributed by atoms with Crippen molar-refractivity contribution < 1.29 is 9.50 Å². The monoisotopic (exact) mass is 252 g/mol. The molecule has 0 bridgehead atoms. The number of nitrogens with zero attached hydrogens (tertiary/aromatic N) is 2. The molecule has 18 heavy (non-hydrogen) atoms.